The quantitative estimate of drug-likeness (QED) is 0.154. The maximum absolute atomic E-state index is 14.5. The first-order chi connectivity index (χ1) is 34.7. The van der Waals surface area contributed by atoms with Gasteiger partial charge in [-0.05, 0) is 49.9 Å². The van der Waals surface area contributed by atoms with E-state index in [4.69, 9.17) is 0 Å². The van der Waals surface area contributed by atoms with Crippen LogP contribution in [0, 0.1) is 28.1 Å². The highest BCUT2D eigenvalue weighted by molar-refractivity contribution is 7.04. The molecule has 76 heavy (non-hydrogen) atoms. The Morgan fingerprint density at radius 1 is 0.342 bits per heavy atom. The van der Waals surface area contributed by atoms with E-state index < -0.39 is 149 Å². The second kappa shape index (κ2) is 19.7. The second-order valence-electron chi connectivity index (χ2n) is 18.3. The fraction of sp³-hybridized carbons (Fsp3) is 0.314. The van der Waals surface area contributed by atoms with Crippen molar-refractivity contribution in [3.8, 4) is 0 Å². The molecule has 0 bridgehead atoms. The summed E-state index contributed by atoms with van der Waals surface area (Å²) in [7, 11) is 0. The van der Waals surface area contributed by atoms with Crippen molar-refractivity contribution in [3.63, 3.8) is 0 Å². The zero-order valence-corrected chi connectivity index (χ0v) is 38.1. The number of halogens is 24. The van der Waals surface area contributed by atoms with Crippen LogP contribution in [0.2, 0.25) is 0 Å². The second-order valence-corrected chi connectivity index (χ2v) is 18.3. The van der Waals surface area contributed by atoms with Crippen molar-refractivity contribution in [2.45, 2.75) is 75.1 Å². The van der Waals surface area contributed by atoms with Gasteiger partial charge in [0.05, 0.1) is 11.7 Å². The van der Waals surface area contributed by atoms with Crippen LogP contribution in [0.3, 0.4) is 0 Å². The number of benzene rings is 2. The normalized spacial score (nSPS) is 20.7. The zero-order valence-electron chi connectivity index (χ0n) is 38.1. The van der Waals surface area contributed by atoms with Gasteiger partial charge < -0.3 is 0 Å². The lowest BCUT2D eigenvalue weighted by molar-refractivity contribution is -0.321. The monoisotopic (exact) mass is 1110 g/mol. The van der Waals surface area contributed by atoms with Gasteiger partial charge in [-0.15, -0.1) is 24.3 Å². The van der Waals surface area contributed by atoms with Crippen molar-refractivity contribution >= 4 is 11.7 Å². The fourth-order valence-electron chi connectivity index (χ4n) is 10.2. The van der Waals surface area contributed by atoms with E-state index >= 15 is 0 Å². The molecule has 0 spiro atoms. The zero-order chi connectivity index (χ0) is 57.0. The van der Waals surface area contributed by atoms with E-state index in [-0.39, 0.29) is 48.6 Å². The van der Waals surface area contributed by atoms with Gasteiger partial charge in [-0.2, -0.15) is 105 Å². The van der Waals surface area contributed by atoms with E-state index in [1.807, 2.05) is 0 Å². The average Bonchev–Trinajstić information content (AvgIpc) is 3.31. The molecule has 2 aromatic carbocycles. The van der Waals surface area contributed by atoms with Crippen LogP contribution in [0.1, 0.15) is 36.8 Å². The molecule has 0 fully saturated rings. The predicted octanol–water partition coefficient (Wildman–Crippen LogP) is 18.4. The Hall–Kier alpha value is -6.17. The Morgan fingerprint density at radius 2 is 0.592 bits per heavy atom. The first-order valence-corrected chi connectivity index (χ1v) is 22.0. The first kappa shape index (κ1) is 59.1. The highest BCUT2D eigenvalue weighted by atomic mass is 19.4. The van der Waals surface area contributed by atoms with Gasteiger partial charge in [0, 0.05) is 41.9 Å². The van der Waals surface area contributed by atoms with Crippen molar-refractivity contribution in [2.75, 3.05) is 0 Å². The topological polar surface area (TPSA) is 0 Å². The lowest BCUT2D eigenvalue weighted by atomic mass is 9.08. The molecule has 2 aromatic rings. The van der Waals surface area contributed by atoms with E-state index in [0.717, 1.165) is 0 Å². The summed E-state index contributed by atoms with van der Waals surface area (Å²) in [4.78, 5) is 0. The largest absolute Gasteiger partial charge is 0.406 e. The lowest BCUT2D eigenvalue weighted by Gasteiger charge is -2.58. The van der Waals surface area contributed by atoms with Crippen LogP contribution in [0.5, 0.6) is 0 Å². The Morgan fingerprint density at radius 3 is 0.803 bits per heavy atom. The minimum Gasteiger partial charge on any atom is -0.217 e. The van der Waals surface area contributed by atoms with Crippen LogP contribution >= 0.6 is 0 Å². The Kier molecular flexibility index (Phi) is 15.3. The van der Waals surface area contributed by atoms with Crippen LogP contribution in [0.25, 0.3) is 5.57 Å². The van der Waals surface area contributed by atoms with Gasteiger partial charge in [-0.1, -0.05) is 85.0 Å². The van der Waals surface area contributed by atoms with Gasteiger partial charge in [0.2, 0.25) is 0 Å². The molecule has 7 rings (SSSR count). The number of hydrogen-bond donors (Lipinski definition) is 0. The van der Waals surface area contributed by atoms with E-state index in [1.165, 1.54) is 22.3 Å². The third kappa shape index (κ3) is 10.0. The minimum absolute atomic E-state index is 0.0538. The molecule has 5 aliphatic carbocycles. The first-order valence-electron chi connectivity index (χ1n) is 22.0. The molecule has 0 heterocycles. The minimum atomic E-state index is -6.66. The van der Waals surface area contributed by atoms with Crippen molar-refractivity contribution in [2.24, 2.45) is 21.7 Å². The molecule has 25 heteroatoms. The number of rotatable bonds is 6. The lowest BCUT2D eigenvalue weighted by Crippen LogP contribution is -2.60. The molecule has 0 aromatic heterocycles. The highest BCUT2D eigenvalue weighted by Gasteiger charge is 2.75. The van der Waals surface area contributed by atoms with Crippen LogP contribution in [0.15, 0.2) is 185 Å². The van der Waals surface area contributed by atoms with Crippen molar-refractivity contribution < 1.29 is 105 Å². The molecule has 0 aliphatic heterocycles. The molecule has 0 saturated carbocycles. The Balaban J connectivity index is 0.000000408. The smallest absolute Gasteiger partial charge is 0.217 e. The summed E-state index contributed by atoms with van der Waals surface area (Å²) in [6.45, 7) is 0. The maximum Gasteiger partial charge on any atom is 0.406 e. The summed E-state index contributed by atoms with van der Waals surface area (Å²) < 4.78 is 349. The molecule has 0 saturated heterocycles. The third-order valence-corrected chi connectivity index (χ3v) is 14.2. The summed E-state index contributed by atoms with van der Waals surface area (Å²) in [5.41, 5.74) is -24.4. The molecule has 5 aliphatic rings. The summed E-state index contributed by atoms with van der Waals surface area (Å²) in [5.74, 6) is 0. The Labute approximate surface area is 416 Å². The van der Waals surface area contributed by atoms with Crippen LogP contribution in [-0.2, 0) is 0 Å². The van der Waals surface area contributed by atoms with Gasteiger partial charge in [0.1, 0.15) is 5.57 Å². The average molecular weight is 1110 g/mol. The van der Waals surface area contributed by atoms with Crippen LogP contribution in [-0.4, -0.2) is 55.6 Å². The van der Waals surface area contributed by atoms with Crippen molar-refractivity contribution in [1.29, 1.82) is 0 Å². The molecule has 0 atom stereocenters. The third-order valence-electron chi connectivity index (χ3n) is 14.2. The van der Waals surface area contributed by atoms with Gasteiger partial charge in [0.15, 0.2) is 21.7 Å². The molecule has 0 unspecified atom stereocenters. The number of alkyl halides is 24. The molecule has 0 amide bonds. The number of allylic oxidation sites excluding steroid dienone is 21. The Bertz CT molecular complexity index is 2450. The van der Waals surface area contributed by atoms with Crippen LogP contribution in [0.4, 0.5) is 105 Å². The van der Waals surface area contributed by atoms with Crippen molar-refractivity contribution in [1.82, 2.24) is 0 Å². The van der Waals surface area contributed by atoms with Gasteiger partial charge >= 0.3 is 49.4 Å². The standard InChI is InChI=1S/C32H20BF24.C19H15/c34-25(35,36)21(26(37,38)39)9-1-5-17(13-21)33(18-6-2-10-22(14-18,27(40,41)42)28(43,44)45,19-7-3-11-23(15-19,29(46,47)48)30(49,50)51)20-8-4-12-24(16-20,31(52,53)54)32(55,56)57;1-4-10-16(11-5-1)19(17-12-6-2-7-13-17)18-14-8-3-9-15-18/h1-12H,13-16H2;1-15H/q-1;+1. The molecular weight excluding hydrogens is 1080 g/mol. The van der Waals surface area contributed by atoms with E-state index in [1.54, 1.807) is 0 Å². The SMILES string of the molecule is C1=C[CH+]C(=C(c2ccccc2)c2ccccc2)C=C1.FC(F)(F)C1(C(F)(F)F)C=CC=C([B-](C2=CC=CC(C(F)(F)F)(C(F)(F)F)C2)(C2=CC=CC(C(F)(F)F)(C(F)(F)F)C2)C2=CC=CC(C(F)(F)F)(C(F)(F)F)C2)C1. The van der Waals surface area contributed by atoms with E-state index in [2.05, 4.69) is 91.4 Å². The molecule has 0 N–H and O–H groups in total. The fourth-order valence-corrected chi connectivity index (χ4v) is 10.2. The highest BCUT2D eigenvalue weighted by Crippen LogP contribution is 2.67. The van der Waals surface area contributed by atoms with Crippen LogP contribution < -0.4 is 0 Å². The van der Waals surface area contributed by atoms with E-state index in [9.17, 15) is 105 Å². The summed E-state index contributed by atoms with van der Waals surface area (Å²) >= 11 is 0. The number of hydrogen-bond acceptors (Lipinski definition) is 0. The van der Waals surface area contributed by atoms with Gasteiger partial charge in [-0.3, -0.25) is 0 Å². The summed E-state index contributed by atoms with van der Waals surface area (Å²) in [5, 5.41) is 0. The molecular formula is C51H35BF24. The van der Waals surface area contributed by atoms with Gasteiger partial charge in [-0.25, -0.2) is 21.9 Å². The molecule has 410 valence electrons. The predicted molar refractivity (Wildman–Crippen MR) is 233 cm³/mol. The maximum atomic E-state index is 14.5. The summed E-state index contributed by atoms with van der Waals surface area (Å²) in [6.07, 6.45) is -63.9. The van der Waals surface area contributed by atoms with E-state index in [0.29, 0.717) is 0 Å². The summed E-state index contributed by atoms with van der Waals surface area (Å²) in [6, 6.07) is 21.1. The van der Waals surface area contributed by atoms with Gasteiger partial charge in [0.25, 0.3) is 0 Å². The molecule has 0 nitrogen and oxygen atoms in total. The molecule has 0 radical (unpaired) electrons. The van der Waals surface area contributed by atoms with Crippen molar-refractivity contribution in [3.05, 3.63) is 203 Å².